The molecule has 0 aromatic heterocycles. The lowest BCUT2D eigenvalue weighted by atomic mass is 10.2. The van der Waals surface area contributed by atoms with Crippen molar-refractivity contribution in [1.82, 2.24) is 9.80 Å². The molecule has 0 N–H and O–H groups in total. The number of benzene rings is 1. The van der Waals surface area contributed by atoms with Gasteiger partial charge >= 0.3 is 6.03 Å². The van der Waals surface area contributed by atoms with Gasteiger partial charge in [0.1, 0.15) is 12.6 Å². The van der Waals surface area contributed by atoms with Gasteiger partial charge in [-0.15, -0.1) is 0 Å². The van der Waals surface area contributed by atoms with Crippen LogP contribution < -0.4 is 4.90 Å². The number of ether oxygens (including phenoxy) is 1. The summed E-state index contributed by atoms with van der Waals surface area (Å²) >= 11 is 0. The highest BCUT2D eigenvalue weighted by Crippen LogP contribution is 2.26. The second-order valence-corrected chi connectivity index (χ2v) is 6.08. The number of imide groups is 1. The first-order chi connectivity index (χ1) is 11.5. The number of anilines is 1. The smallest absolute Gasteiger partial charge is 0.332 e. The number of carbonyl (C=O) groups excluding carboxylic acids is 3. The maximum atomic E-state index is 12.7. The summed E-state index contributed by atoms with van der Waals surface area (Å²) in [4.78, 5) is 41.6. The Kier molecular flexibility index (Phi) is 4.53. The van der Waals surface area contributed by atoms with Crippen LogP contribution in [0.4, 0.5) is 10.5 Å². The van der Waals surface area contributed by atoms with Crippen molar-refractivity contribution in [2.75, 3.05) is 37.7 Å². The van der Waals surface area contributed by atoms with Crippen LogP contribution in [0.3, 0.4) is 0 Å². The Balaban J connectivity index is 1.75. The number of amides is 4. The van der Waals surface area contributed by atoms with E-state index < -0.39 is 12.1 Å². The highest BCUT2D eigenvalue weighted by atomic mass is 16.5. The van der Waals surface area contributed by atoms with Gasteiger partial charge in [0, 0.05) is 18.8 Å². The quantitative estimate of drug-likeness (QED) is 0.775. The molecule has 7 nitrogen and oxygen atoms in total. The molecular formula is C17H21N3O4. The third kappa shape index (κ3) is 2.99. The molecule has 0 bridgehead atoms. The molecule has 2 aliphatic rings. The predicted octanol–water partition coefficient (Wildman–Crippen LogP) is 1.01. The first-order valence-electron chi connectivity index (χ1n) is 8.06. The van der Waals surface area contributed by atoms with Crippen LogP contribution in [0.25, 0.3) is 0 Å². The van der Waals surface area contributed by atoms with Crippen molar-refractivity contribution in [3.8, 4) is 0 Å². The summed E-state index contributed by atoms with van der Waals surface area (Å²) in [6.07, 6.45) is 0. The van der Waals surface area contributed by atoms with Crippen molar-refractivity contribution in [3.63, 3.8) is 0 Å². The molecule has 2 saturated heterocycles. The number of hydrogen-bond acceptors (Lipinski definition) is 4. The lowest BCUT2D eigenvalue weighted by Gasteiger charge is -2.28. The van der Waals surface area contributed by atoms with E-state index in [4.69, 9.17) is 4.74 Å². The summed E-state index contributed by atoms with van der Waals surface area (Å²) in [6, 6.07) is 6.34. The largest absolute Gasteiger partial charge is 0.378 e. The molecule has 3 rings (SSSR count). The van der Waals surface area contributed by atoms with Crippen LogP contribution in [-0.4, -0.2) is 66.5 Å². The SMILES string of the molecule is Cc1ccc(N2C(=O)N(CC(=O)N3CCOCC3)C(=O)[C@@H]2C)cc1. The zero-order valence-electron chi connectivity index (χ0n) is 13.9. The van der Waals surface area contributed by atoms with Gasteiger partial charge in [-0.3, -0.25) is 19.4 Å². The number of nitrogens with zero attached hydrogens (tertiary/aromatic N) is 3. The van der Waals surface area contributed by atoms with Crippen LogP contribution >= 0.6 is 0 Å². The van der Waals surface area contributed by atoms with Crippen LogP contribution in [0.15, 0.2) is 24.3 Å². The highest BCUT2D eigenvalue weighted by Gasteiger charge is 2.44. The molecule has 1 atom stereocenters. The number of urea groups is 1. The average molecular weight is 331 g/mol. The minimum absolute atomic E-state index is 0.218. The van der Waals surface area contributed by atoms with Gasteiger partial charge in [-0.05, 0) is 26.0 Å². The molecule has 4 amide bonds. The van der Waals surface area contributed by atoms with Crippen LogP contribution in [0.2, 0.25) is 0 Å². The Bertz CT molecular complexity index is 652. The molecule has 1 aromatic carbocycles. The minimum atomic E-state index is -0.613. The van der Waals surface area contributed by atoms with Gasteiger partial charge in [0.25, 0.3) is 5.91 Å². The van der Waals surface area contributed by atoms with Crippen molar-refractivity contribution in [1.29, 1.82) is 0 Å². The van der Waals surface area contributed by atoms with E-state index in [-0.39, 0.29) is 18.4 Å². The first kappa shape index (κ1) is 16.4. The zero-order valence-corrected chi connectivity index (χ0v) is 13.9. The van der Waals surface area contributed by atoms with E-state index in [9.17, 15) is 14.4 Å². The fourth-order valence-electron chi connectivity index (χ4n) is 2.96. The molecule has 2 aliphatic heterocycles. The van der Waals surface area contributed by atoms with Crippen molar-refractivity contribution < 1.29 is 19.1 Å². The van der Waals surface area contributed by atoms with Gasteiger partial charge in [-0.1, -0.05) is 17.7 Å². The molecule has 0 spiro atoms. The molecule has 0 unspecified atom stereocenters. The summed E-state index contributed by atoms with van der Waals surface area (Å²) in [5.74, 6) is -0.569. The Morgan fingerprint density at radius 2 is 1.79 bits per heavy atom. The van der Waals surface area contributed by atoms with Gasteiger partial charge < -0.3 is 9.64 Å². The third-order valence-electron chi connectivity index (χ3n) is 4.42. The maximum absolute atomic E-state index is 12.7. The maximum Gasteiger partial charge on any atom is 0.332 e. The summed E-state index contributed by atoms with van der Waals surface area (Å²) < 4.78 is 5.21. The number of hydrogen-bond donors (Lipinski definition) is 0. The van der Waals surface area contributed by atoms with Gasteiger partial charge in [0.2, 0.25) is 5.91 Å². The van der Waals surface area contributed by atoms with E-state index in [2.05, 4.69) is 0 Å². The van der Waals surface area contributed by atoms with E-state index in [0.717, 1.165) is 10.5 Å². The van der Waals surface area contributed by atoms with Gasteiger partial charge in [-0.2, -0.15) is 0 Å². The van der Waals surface area contributed by atoms with Crippen LogP contribution in [-0.2, 0) is 14.3 Å². The van der Waals surface area contributed by atoms with Crippen molar-refractivity contribution >= 4 is 23.5 Å². The minimum Gasteiger partial charge on any atom is -0.378 e. The molecule has 7 heteroatoms. The summed E-state index contributed by atoms with van der Waals surface area (Å²) in [5, 5.41) is 0. The van der Waals surface area contributed by atoms with Crippen LogP contribution in [0.1, 0.15) is 12.5 Å². The Labute approximate surface area is 140 Å². The van der Waals surface area contributed by atoms with E-state index in [0.29, 0.717) is 32.0 Å². The van der Waals surface area contributed by atoms with Crippen molar-refractivity contribution in [3.05, 3.63) is 29.8 Å². The first-order valence-corrected chi connectivity index (χ1v) is 8.06. The molecule has 0 radical (unpaired) electrons. The predicted molar refractivity (Wildman–Crippen MR) is 87.6 cm³/mol. The Morgan fingerprint density at radius 1 is 1.17 bits per heavy atom. The Morgan fingerprint density at radius 3 is 2.42 bits per heavy atom. The van der Waals surface area contributed by atoms with Crippen molar-refractivity contribution in [2.45, 2.75) is 19.9 Å². The van der Waals surface area contributed by atoms with Crippen LogP contribution in [0, 0.1) is 6.92 Å². The van der Waals surface area contributed by atoms with Gasteiger partial charge in [-0.25, -0.2) is 4.79 Å². The lowest BCUT2D eigenvalue weighted by Crippen LogP contribution is -2.47. The van der Waals surface area contributed by atoms with E-state index in [1.54, 1.807) is 11.8 Å². The topological polar surface area (TPSA) is 70.2 Å². The molecule has 128 valence electrons. The number of morpholine rings is 1. The van der Waals surface area contributed by atoms with Gasteiger partial charge in [0.05, 0.1) is 13.2 Å². The van der Waals surface area contributed by atoms with Crippen molar-refractivity contribution in [2.24, 2.45) is 0 Å². The molecule has 2 heterocycles. The average Bonchev–Trinajstić information content (AvgIpc) is 2.80. The second-order valence-electron chi connectivity index (χ2n) is 6.08. The summed E-state index contributed by atoms with van der Waals surface area (Å²) in [6.45, 7) is 5.37. The number of carbonyl (C=O) groups is 3. The molecule has 0 saturated carbocycles. The fourth-order valence-corrected chi connectivity index (χ4v) is 2.96. The molecule has 0 aliphatic carbocycles. The van der Waals surface area contributed by atoms with E-state index in [1.807, 2.05) is 31.2 Å². The molecule has 1 aromatic rings. The molecular weight excluding hydrogens is 310 g/mol. The Hall–Kier alpha value is -2.41. The number of aryl methyl sites for hydroxylation is 1. The van der Waals surface area contributed by atoms with E-state index in [1.165, 1.54) is 4.90 Å². The summed E-state index contributed by atoms with van der Waals surface area (Å²) in [7, 11) is 0. The van der Waals surface area contributed by atoms with Gasteiger partial charge in [0.15, 0.2) is 0 Å². The zero-order chi connectivity index (χ0) is 17.3. The normalized spacial score (nSPS) is 21.6. The molecule has 2 fully saturated rings. The third-order valence-corrected chi connectivity index (χ3v) is 4.42. The lowest BCUT2D eigenvalue weighted by molar-refractivity contribution is -0.139. The molecule has 24 heavy (non-hydrogen) atoms. The fraction of sp³-hybridized carbons (Fsp3) is 0.471. The van der Waals surface area contributed by atoms with Crippen LogP contribution in [0.5, 0.6) is 0 Å². The second kappa shape index (κ2) is 6.60. The van der Waals surface area contributed by atoms with E-state index >= 15 is 0 Å². The summed E-state index contributed by atoms with van der Waals surface area (Å²) in [5.41, 5.74) is 1.73. The number of rotatable bonds is 3. The standard InChI is InChI=1S/C17H21N3O4/c1-12-3-5-14(6-4-12)20-13(2)16(22)19(17(20)23)11-15(21)18-7-9-24-10-8-18/h3-6,13H,7-11H2,1-2H3/t13-/m0/s1. The monoisotopic (exact) mass is 331 g/mol. The highest BCUT2D eigenvalue weighted by molar-refractivity contribution is 6.15.